The molecule has 1 fully saturated rings. The molecule has 21 heavy (non-hydrogen) atoms. The van der Waals surface area contributed by atoms with Gasteiger partial charge >= 0.3 is 5.97 Å². The summed E-state index contributed by atoms with van der Waals surface area (Å²) in [4.78, 5) is 15.6. The molecule has 1 aliphatic rings. The van der Waals surface area contributed by atoms with E-state index >= 15 is 0 Å². The molecule has 0 aliphatic carbocycles. The highest BCUT2D eigenvalue weighted by Crippen LogP contribution is 2.36. The molecular formula is C16H20N2O3. The lowest BCUT2D eigenvalue weighted by Crippen LogP contribution is -2.41. The molecule has 2 unspecified atom stereocenters. The van der Waals surface area contributed by atoms with Gasteiger partial charge in [0.25, 0.3) is 0 Å². The van der Waals surface area contributed by atoms with Crippen LogP contribution in [0.2, 0.25) is 0 Å². The highest BCUT2D eigenvalue weighted by atomic mass is 16.6. The molecule has 1 saturated heterocycles. The van der Waals surface area contributed by atoms with Crippen LogP contribution in [0.1, 0.15) is 51.0 Å². The van der Waals surface area contributed by atoms with Crippen molar-refractivity contribution < 1.29 is 14.3 Å². The first-order chi connectivity index (χ1) is 10.0. The van der Waals surface area contributed by atoms with Crippen molar-refractivity contribution in [1.29, 1.82) is 5.26 Å². The Morgan fingerprint density at radius 1 is 1.62 bits per heavy atom. The molecule has 1 aliphatic heterocycles. The summed E-state index contributed by atoms with van der Waals surface area (Å²) in [6, 6.07) is 5.50. The number of ether oxygens (including phenoxy) is 2. The van der Waals surface area contributed by atoms with Gasteiger partial charge in [0.15, 0.2) is 0 Å². The Morgan fingerprint density at radius 2 is 2.38 bits per heavy atom. The molecule has 0 radical (unpaired) electrons. The summed E-state index contributed by atoms with van der Waals surface area (Å²) in [5.41, 5.74) is 1.27. The lowest BCUT2D eigenvalue weighted by Gasteiger charge is -2.39. The molecule has 0 N–H and O–H groups in total. The fraction of sp³-hybridized carbons (Fsp3) is 0.562. The van der Waals surface area contributed by atoms with Crippen LogP contribution >= 0.6 is 0 Å². The van der Waals surface area contributed by atoms with Crippen molar-refractivity contribution in [3.63, 3.8) is 0 Å². The molecule has 2 rings (SSSR count). The van der Waals surface area contributed by atoms with Gasteiger partial charge in [-0.15, -0.1) is 0 Å². The fourth-order valence-corrected chi connectivity index (χ4v) is 2.78. The quantitative estimate of drug-likeness (QED) is 0.800. The van der Waals surface area contributed by atoms with Gasteiger partial charge in [-0.25, -0.2) is 0 Å². The maximum atomic E-state index is 11.3. The Kier molecular flexibility index (Phi) is 4.92. The first-order valence-electron chi connectivity index (χ1n) is 7.23. The summed E-state index contributed by atoms with van der Waals surface area (Å²) >= 11 is 0. The highest BCUT2D eigenvalue weighted by Gasteiger charge is 2.38. The first kappa shape index (κ1) is 15.5. The van der Waals surface area contributed by atoms with Gasteiger partial charge in [-0.05, 0) is 18.6 Å². The minimum absolute atomic E-state index is 0.0145. The summed E-state index contributed by atoms with van der Waals surface area (Å²) in [5, 5.41) is 8.98. The topological polar surface area (TPSA) is 72.2 Å². The van der Waals surface area contributed by atoms with Crippen LogP contribution in [0, 0.1) is 17.2 Å². The Morgan fingerprint density at radius 3 is 3.00 bits per heavy atom. The summed E-state index contributed by atoms with van der Waals surface area (Å²) in [5.74, 6) is -0.129. The minimum Gasteiger partial charge on any atom is -0.462 e. The van der Waals surface area contributed by atoms with E-state index in [2.05, 4.69) is 11.1 Å². The first-order valence-corrected chi connectivity index (χ1v) is 7.23. The van der Waals surface area contributed by atoms with Gasteiger partial charge in [-0.1, -0.05) is 13.8 Å². The number of rotatable bonds is 3. The second-order valence-corrected chi connectivity index (χ2v) is 5.40. The van der Waals surface area contributed by atoms with Crippen LogP contribution in [-0.4, -0.2) is 23.2 Å². The lowest BCUT2D eigenvalue weighted by atomic mass is 9.87. The summed E-state index contributed by atoms with van der Waals surface area (Å²) in [6.45, 7) is 5.51. The summed E-state index contributed by atoms with van der Waals surface area (Å²) < 4.78 is 11.5. The zero-order valence-corrected chi connectivity index (χ0v) is 12.6. The molecule has 5 heteroatoms. The molecule has 1 aromatic rings. The third-order valence-electron chi connectivity index (χ3n) is 3.92. The van der Waals surface area contributed by atoms with E-state index < -0.39 is 0 Å². The third-order valence-corrected chi connectivity index (χ3v) is 3.92. The Bertz CT molecular complexity index is 553. The van der Waals surface area contributed by atoms with E-state index in [0.717, 1.165) is 12.1 Å². The average Bonchev–Trinajstić information content (AvgIpc) is 2.49. The number of carbonyl (C=O) groups excluding carboxylic acids is 1. The minimum atomic E-state index is -0.277. The van der Waals surface area contributed by atoms with Crippen molar-refractivity contribution in [2.45, 2.75) is 51.9 Å². The average molecular weight is 288 g/mol. The van der Waals surface area contributed by atoms with E-state index in [1.807, 2.05) is 13.8 Å². The number of hydrogen-bond acceptors (Lipinski definition) is 5. The molecule has 1 aromatic heterocycles. The van der Waals surface area contributed by atoms with E-state index in [1.54, 1.807) is 18.3 Å². The van der Waals surface area contributed by atoms with Crippen LogP contribution in [0.4, 0.5) is 0 Å². The zero-order valence-electron chi connectivity index (χ0n) is 12.6. The van der Waals surface area contributed by atoms with Gasteiger partial charge in [0.2, 0.25) is 0 Å². The van der Waals surface area contributed by atoms with Crippen LogP contribution in [0.15, 0.2) is 18.3 Å². The maximum absolute atomic E-state index is 11.3. The molecule has 0 saturated carbocycles. The Balaban J connectivity index is 2.23. The smallest absolute Gasteiger partial charge is 0.302 e. The number of carbonyl (C=O) groups is 1. The predicted octanol–water partition coefficient (Wildman–Crippen LogP) is 2.76. The second-order valence-electron chi connectivity index (χ2n) is 5.40. The lowest BCUT2D eigenvalue weighted by molar-refractivity contribution is -0.173. The van der Waals surface area contributed by atoms with Crippen LogP contribution < -0.4 is 0 Å². The van der Waals surface area contributed by atoms with Crippen LogP contribution in [0.5, 0.6) is 0 Å². The van der Waals surface area contributed by atoms with Crippen molar-refractivity contribution in [2.24, 2.45) is 5.92 Å². The number of aromatic nitrogens is 1. The van der Waals surface area contributed by atoms with Gasteiger partial charge in [0.05, 0.1) is 23.4 Å². The Hall–Kier alpha value is -1.93. The molecule has 2 heterocycles. The summed E-state index contributed by atoms with van der Waals surface area (Å²) in [6.07, 6.45) is 2.60. The zero-order chi connectivity index (χ0) is 15.4. The standard InChI is InChI=1S/C16H20N2O3/c1-4-14-10(2)15(20-11(3)19)8-16(21-14)13-7-12(9-17)5-6-18-13/h5-7,10,14-16H,4,8H2,1-3H3/t10-,14?,15?,16+/m1/s1. The molecule has 0 amide bonds. The fourth-order valence-electron chi connectivity index (χ4n) is 2.78. The molecule has 0 aromatic carbocycles. The number of hydrogen-bond donors (Lipinski definition) is 0. The third kappa shape index (κ3) is 3.59. The largest absolute Gasteiger partial charge is 0.462 e. The SMILES string of the molecule is CCC1O[C@H](c2cc(C#N)ccn2)CC(OC(C)=O)[C@@H]1C. The maximum Gasteiger partial charge on any atom is 0.302 e. The van der Waals surface area contributed by atoms with Gasteiger partial charge in [0.1, 0.15) is 12.2 Å². The van der Waals surface area contributed by atoms with E-state index in [0.29, 0.717) is 12.0 Å². The summed E-state index contributed by atoms with van der Waals surface area (Å²) in [7, 11) is 0. The van der Waals surface area contributed by atoms with Crippen molar-refractivity contribution >= 4 is 5.97 Å². The Labute approximate surface area is 124 Å². The predicted molar refractivity (Wildman–Crippen MR) is 76.2 cm³/mol. The second kappa shape index (κ2) is 6.68. The van der Waals surface area contributed by atoms with E-state index in [9.17, 15) is 4.79 Å². The van der Waals surface area contributed by atoms with Gasteiger partial charge in [-0.3, -0.25) is 9.78 Å². The number of nitriles is 1. The van der Waals surface area contributed by atoms with Crippen LogP contribution in [0.25, 0.3) is 0 Å². The van der Waals surface area contributed by atoms with Crippen molar-refractivity contribution in [3.05, 3.63) is 29.6 Å². The number of pyridine rings is 1. The van der Waals surface area contributed by atoms with Gasteiger partial charge in [-0.2, -0.15) is 5.26 Å². The number of esters is 1. The monoisotopic (exact) mass is 288 g/mol. The van der Waals surface area contributed by atoms with Crippen molar-refractivity contribution in [2.75, 3.05) is 0 Å². The molecule has 5 nitrogen and oxygen atoms in total. The van der Waals surface area contributed by atoms with E-state index in [-0.39, 0.29) is 30.2 Å². The molecule has 0 bridgehead atoms. The van der Waals surface area contributed by atoms with E-state index in [1.165, 1.54) is 6.92 Å². The van der Waals surface area contributed by atoms with Gasteiger partial charge < -0.3 is 9.47 Å². The molecular weight excluding hydrogens is 268 g/mol. The van der Waals surface area contributed by atoms with Crippen molar-refractivity contribution in [3.8, 4) is 6.07 Å². The van der Waals surface area contributed by atoms with Gasteiger partial charge in [0, 0.05) is 25.5 Å². The van der Waals surface area contributed by atoms with Crippen LogP contribution in [0.3, 0.4) is 0 Å². The van der Waals surface area contributed by atoms with Crippen LogP contribution in [-0.2, 0) is 14.3 Å². The number of nitrogens with zero attached hydrogens (tertiary/aromatic N) is 2. The normalized spacial score (nSPS) is 28.7. The van der Waals surface area contributed by atoms with Crippen molar-refractivity contribution in [1.82, 2.24) is 4.98 Å². The highest BCUT2D eigenvalue weighted by molar-refractivity contribution is 5.66. The molecule has 0 spiro atoms. The molecule has 4 atom stereocenters. The molecule has 112 valence electrons. The van der Waals surface area contributed by atoms with E-state index in [4.69, 9.17) is 14.7 Å².